The summed E-state index contributed by atoms with van der Waals surface area (Å²) >= 11 is 13.2. The molecule has 2 aromatic carbocycles. The van der Waals surface area contributed by atoms with Crippen LogP contribution in [0.2, 0.25) is 10.0 Å². The molecule has 9 heteroatoms. The van der Waals surface area contributed by atoms with Crippen LogP contribution < -0.4 is 11.6 Å². The lowest BCUT2D eigenvalue weighted by Gasteiger charge is -2.30. The fourth-order valence-electron chi connectivity index (χ4n) is 5.90. The molecule has 1 saturated heterocycles. The van der Waals surface area contributed by atoms with E-state index in [1.165, 1.54) is 5.01 Å². The van der Waals surface area contributed by atoms with E-state index in [1.807, 2.05) is 37.4 Å². The van der Waals surface area contributed by atoms with Crippen LogP contribution in [0.4, 0.5) is 0 Å². The number of aliphatic hydroxyl groups is 1. The number of benzene rings is 2. The quantitative estimate of drug-likeness (QED) is 0.168. The maximum Gasteiger partial charge on any atom is 0.0960 e. The summed E-state index contributed by atoms with van der Waals surface area (Å²) in [5, 5.41) is 14.6. The zero-order chi connectivity index (χ0) is 28.8. The fourth-order valence-corrected chi connectivity index (χ4v) is 6.44. The Bertz CT molecular complexity index is 1580. The molecule has 0 bridgehead atoms. The van der Waals surface area contributed by atoms with Crippen LogP contribution >= 0.6 is 23.2 Å². The van der Waals surface area contributed by atoms with Gasteiger partial charge in [0.25, 0.3) is 0 Å². The Hall–Kier alpha value is -2.81. The van der Waals surface area contributed by atoms with Crippen LogP contribution in [0.25, 0.3) is 27.6 Å². The number of fused-ring (bicyclic) bond motifs is 3. The number of allylic oxidation sites excluding steroid dienone is 1. The Kier molecular flexibility index (Phi) is 8.06. The van der Waals surface area contributed by atoms with E-state index in [1.54, 1.807) is 27.0 Å². The van der Waals surface area contributed by atoms with Crippen LogP contribution in [0, 0.1) is 5.92 Å². The van der Waals surface area contributed by atoms with Gasteiger partial charge in [-0.15, -0.1) is 0 Å². The summed E-state index contributed by atoms with van der Waals surface area (Å²) in [6.45, 7) is 6.92. The average molecular weight is 583 g/mol. The van der Waals surface area contributed by atoms with Gasteiger partial charge in [-0.1, -0.05) is 41.4 Å². The summed E-state index contributed by atoms with van der Waals surface area (Å²) in [4.78, 5) is 4.94. The molecule has 1 aliphatic heterocycles. The molecule has 0 amide bonds. The van der Waals surface area contributed by atoms with Crippen LogP contribution in [-0.4, -0.2) is 39.9 Å². The van der Waals surface area contributed by atoms with Crippen molar-refractivity contribution in [3.63, 3.8) is 0 Å². The second-order valence-corrected chi connectivity index (χ2v) is 12.2. The van der Waals surface area contributed by atoms with Crippen LogP contribution in [-0.2, 0) is 10.3 Å². The van der Waals surface area contributed by atoms with Crippen molar-refractivity contribution < 1.29 is 9.84 Å². The largest absolute Gasteiger partial charge is 0.401 e. The van der Waals surface area contributed by atoms with Crippen molar-refractivity contribution >= 4 is 50.8 Å². The number of nitrogens with two attached hydrogens (primary N) is 2. The van der Waals surface area contributed by atoms with Crippen LogP contribution in [0.15, 0.2) is 54.4 Å². The molecule has 0 saturated carbocycles. The maximum atomic E-state index is 10.9. The van der Waals surface area contributed by atoms with Gasteiger partial charge in [-0.05, 0) is 81.3 Å². The second-order valence-electron chi connectivity index (χ2n) is 11.4. The minimum Gasteiger partial charge on any atom is -0.401 e. The van der Waals surface area contributed by atoms with Crippen molar-refractivity contribution in [2.75, 3.05) is 20.3 Å². The monoisotopic (exact) mass is 581 g/mol. The van der Waals surface area contributed by atoms with Crippen molar-refractivity contribution in [1.29, 1.82) is 0 Å². The number of aromatic nitrogens is 2. The van der Waals surface area contributed by atoms with Crippen molar-refractivity contribution in [3.05, 3.63) is 81.1 Å². The third-order valence-corrected chi connectivity index (χ3v) is 8.44. The number of pyridine rings is 1. The third kappa shape index (κ3) is 5.54. The van der Waals surface area contributed by atoms with Crippen LogP contribution in [0.3, 0.4) is 0 Å². The molecule has 0 aliphatic carbocycles. The van der Waals surface area contributed by atoms with E-state index >= 15 is 0 Å². The highest BCUT2D eigenvalue weighted by Crippen LogP contribution is 2.42. The molecule has 7 nitrogen and oxygen atoms in total. The minimum absolute atomic E-state index is 0.121. The Morgan fingerprint density at radius 2 is 1.88 bits per heavy atom. The summed E-state index contributed by atoms with van der Waals surface area (Å²) in [7, 11) is 1.77. The van der Waals surface area contributed by atoms with Gasteiger partial charge >= 0.3 is 0 Å². The Balaban J connectivity index is 1.85. The molecule has 212 valence electrons. The molecule has 4 aromatic rings. The lowest BCUT2D eigenvalue weighted by Crippen LogP contribution is -2.26. The summed E-state index contributed by atoms with van der Waals surface area (Å²) in [5.74, 6) is 6.64. The lowest BCUT2D eigenvalue weighted by atomic mass is 9.89. The van der Waals surface area contributed by atoms with Crippen molar-refractivity contribution in [3.8, 4) is 0 Å². The zero-order valence-corrected chi connectivity index (χ0v) is 24.9. The topological polar surface area (TPSA) is 103 Å². The molecule has 0 spiro atoms. The van der Waals surface area contributed by atoms with E-state index in [0.717, 1.165) is 71.1 Å². The highest BCUT2D eigenvalue weighted by atomic mass is 35.5. The Morgan fingerprint density at radius 3 is 2.50 bits per heavy atom. The van der Waals surface area contributed by atoms with Crippen molar-refractivity contribution in [2.45, 2.75) is 51.7 Å². The first-order valence-electron chi connectivity index (χ1n) is 13.6. The maximum absolute atomic E-state index is 10.9. The smallest absolute Gasteiger partial charge is 0.0960 e. The van der Waals surface area contributed by atoms with Gasteiger partial charge < -0.3 is 25.2 Å². The highest BCUT2D eigenvalue weighted by Gasteiger charge is 2.28. The van der Waals surface area contributed by atoms with E-state index < -0.39 is 5.60 Å². The summed E-state index contributed by atoms with van der Waals surface area (Å²) in [6, 6.07) is 13.8. The average Bonchev–Trinajstić information content (AvgIpc) is 3.20. The summed E-state index contributed by atoms with van der Waals surface area (Å²) in [6.07, 6.45) is 4.63. The summed E-state index contributed by atoms with van der Waals surface area (Å²) < 4.78 is 8.00. The van der Waals surface area contributed by atoms with Gasteiger partial charge in [0, 0.05) is 53.2 Å². The van der Waals surface area contributed by atoms with Gasteiger partial charge in [-0.2, -0.15) is 0 Å². The Labute approximate surface area is 245 Å². The standard InChI is InChI=1S/C31H37Cl2N5O2/c1-18(34)30(37(4)35)20-14-28-29(36-17-20)24-7-5-21(31(2,3)39)15-27(24)38(28)26(13-19-9-11-40-12-10-19)23-8-6-22(32)16-25(23)33/h5-8,14-17,19,26,39H,9-13,34-35H2,1-4H3/b30-18-. The fraction of sp³-hybridized carbons (Fsp3) is 0.387. The number of hydrogen-bond acceptors (Lipinski definition) is 6. The number of nitrogens with zero attached hydrogens (tertiary/aromatic N) is 3. The molecule has 40 heavy (non-hydrogen) atoms. The minimum atomic E-state index is -1.02. The lowest BCUT2D eigenvalue weighted by molar-refractivity contribution is 0.0609. The normalized spacial score (nSPS) is 16.4. The van der Waals surface area contributed by atoms with Gasteiger partial charge in [0.05, 0.1) is 33.9 Å². The predicted molar refractivity (Wildman–Crippen MR) is 164 cm³/mol. The Morgan fingerprint density at radius 1 is 1.15 bits per heavy atom. The van der Waals surface area contributed by atoms with E-state index in [4.69, 9.17) is 44.5 Å². The molecule has 3 heterocycles. The molecule has 5 rings (SSSR count). The molecule has 5 N–H and O–H groups in total. The number of halogens is 2. The molecule has 1 aliphatic rings. The van der Waals surface area contributed by atoms with Crippen molar-refractivity contribution in [2.24, 2.45) is 17.5 Å². The van der Waals surface area contributed by atoms with E-state index in [0.29, 0.717) is 27.4 Å². The van der Waals surface area contributed by atoms with Gasteiger partial charge in [-0.3, -0.25) is 4.98 Å². The first-order chi connectivity index (χ1) is 19.0. The van der Waals surface area contributed by atoms with E-state index in [9.17, 15) is 5.11 Å². The number of hydrogen-bond donors (Lipinski definition) is 3. The second kappa shape index (κ2) is 11.2. The van der Waals surface area contributed by atoms with E-state index in [-0.39, 0.29) is 6.04 Å². The first-order valence-corrected chi connectivity index (χ1v) is 14.4. The highest BCUT2D eigenvalue weighted by molar-refractivity contribution is 6.35. The molecular weight excluding hydrogens is 545 g/mol. The molecule has 2 aromatic heterocycles. The van der Waals surface area contributed by atoms with Crippen LogP contribution in [0.1, 0.15) is 62.8 Å². The molecule has 1 unspecified atom stereocenters. The zero-order valence-electron chi connectivity index (χ0n) is 23.4. The van der Waals surface area contributed by atoms with Gasteiger partial charge in [-0.25, -0.2) is 5.84 Å². The third-order valence-electron chi connectivity index (χ3n) is 7.88. The first kappa shape index (κ1) is 28.7. The number of ether oxygens (including phenoxy) is 1. The van der Waals surface area contributed by atoms with Crippen LogP contribution in [0.5, 0.6) is 0 Å². The van der Waals surface area contributed by atoms with E-state index in [2.05, 4.69) is 16.7 Å². The SMILES string of the molecule is C/C(N)=C(\c1cnc2c3ccc(C(C)(C)O)cc3n(C(CC3CCOCC3)c3ccc(Cl)cc3Cl)c2c1)N(C)N. The number of rotatable bonds is 7. The number of hydrazine groups is 1. The molecule has 1 fully saturated rings. The molecular formula is C31H37Cl2N5O2. The van der Waals surface area contributed by atoms with Gasteiger partial charge in [0.1, 0.15) is 0 Å². The van der Waals surface area contributed by atoms with Crippen molar-refractivity contribution in [1.82, 2.24) is 14.6 Å². The summed E-state index contributed by atoms with van der Waals surface area (Å²) in [5.41, 5.74) is 11.9. The molecule has 0 radical (unpaired) electrons. The van der Waals surface area contributed by atoms with Gasteiger partial charge in [0.15, 0.2) is 0 Å². The molecule has 1 atom stereocenters. The predicted octanol–water partition coefficient (Wildman–Crippen LogP) is 6.58. The van der Waals surface area contributed by atoms with Gasteiger partial charge in [0.2, 0.25) is 0 Å².